The number of likely N-dealkylation sites (tertiary alicyclic amines) is 1. The molecule has 0 bridgehead atoms. The first kappa shape index (κ1) is 21.7. The number of nitrogens with zero attached hydrogens (tertiary/aromatic N) is 4. The second kappa shape index (κ2) is 9.40. The fraction of sp³-hybridized carbons (Fsp3) is 0.688. The topological polar surface area (TPSA) is 72.2 Å². The van der Waals surface area contributed by atoms with Crippen molar-refractivity contribution in [1.82, 2.24) is 24.6 Å². The quantitative estimate of drug-likeness (QED) is 0.768. The van der Waals surface area contributed by atoms with Crippen LogP contribution in [0.3, 0.4) is 0 Å². The molecule has 2 aliphatic rings. The van der Waals surface area contributed by atoms with Crippen molar-refractivity contribution >= 4 is 30.7 Å². The fourth-order valence-corrected chi connectivity index (χ4v) is 3.47. The van der Waals surface area contributed by atoms with Gasteiger partial charge in [-0.3, -0.25) is 14.7 Å². The number of carbonyl (C=O) groups is 1. The van der Waals surface area contributed by atoms with E-state index in [0.29, 0.717) is 12.5 Å². The van der Waals surface area contributed by atoms with Gasteiger partial charge in [0.05, 0.1) is 0 Å². The van der Waals surface area contributed by atoms with E-state index >= 15 is 0 Å². The third-order valence-corrected chi connectivity index (χ3v) is 4.85. The number of hydrogen-bond donors (Lipinski definition) is 1. The number of nitrogens with one attached hydrogen (secondary N) is 1. The van der Waals surface area contributed by atoms with Gasteiger partial charge in [-0.05, 0) is 25.7 Å². The molecule has 1 unspecified atom stereocenters. The van der Waals surface area contributed by atoms with E-state index in [4.69, 9.17) is 0 Å². The van der Waals surface area contributed by atoms with Crippen LogP contribution in [-0.2, 0) is 24.8 Å². The Bertz CT molecular complexity index is 662. The monoisotopic (exact) mass is 391 g/mol. The van der Waals surface area contributed by atoms with Crippen LogP contribution in [0.25, 0.3) is 0 Å². The van der Waals surface area contributed by atoms with E-state index in [1.165, 1.54) is 4.68 Å². The first-order chi connectivity index (χ1) is 11.1. The fourth-order valence-electron chi connectivity index (χ4n) is 3.47. The van der Waals surface area contributed by atoms with Crippen LogP contribution in [0.2, 0.25) is 0 Å². The van der Waals surface area contributed by atoms with E-state index < -0.39 is 0 Å². The van der Waals surface area contributed by atoms with Gasteiger partial charge in [-0.15, -0.1) is 24.8 Å². The van der Waals surface area contributed by atoms with E-state index in [1.807, 2.05) is 24.0 Å². The van der Waals surface area contributed by atoms with Crippen LogP contribution >= 0.6 is 24.8 Å². The summed E-state index contributed by atoms with van der Waals surface area (Å²) < 4.78 is 3.15. The third kappa shape index (κ3) is 4.65. The van der Waals surface area contributed by atoms with Crippen LogP contribution in [0.1, 0.15) is 25.6 Å². The molecule has 9 heteroatoms. The molecule has 7 nitrogen and oxygen atoms in total. The number of piperidine rings is 1. The van der Waals surface area contributed by atoms with Crippen LogP contribution in [-0.4, -0.2) is 50.8 Å². The maximum Gasteiger partial charge on any atom is 0.345 e. The zero-order valence-electron chi connectivity index (χ0n) is 14.7. The van der Waals surface area contributed by atoms with Crippen LogP contribution < -0.4 is 11.0 Å². The Kier molecular flexibility index (Phi) is 8.18. The average molecular weight is 392 g/mol. The minimum absolute atomic E-state index is 0. The smallest absolute Gasteiger partial charge is 0.341 e. The maximum absolute atomic E-state index is 12.4. The summed E-state index contributed by atoms with van der Waals surface area (Å²) in [5, 5.41) is 7.54. The lowest BCUT2D eigenvalue weighted by atomic mass is 9.93. The summed E-state index contributed by atoms with van der Waals surface area (Å²) in [5.41, 5.74) is -0.0470. The van der Waals surface area contributed by atoms with Crippen molar-refractivity contribution in [3.8, 4) is 0 Å². The molecule has 0 aromatic carbocycles. The SMILES string of the molecule is CCn1c(CC2CCN(C(=O)C3C=CCN3)CC2)nn(C)c1=O.Cl.Cl. The van der Waals surface area contributed by atoms with Gasteiger partial charge in [0, 0.05) is 39.6 Å². The minimum atomic E-state index is -0.146. The molecule has 0 saturated carbocycles. The molecule has 1 saturated heterocycles. The molecule has 0 spiro atoms. The lowest BCUT2D eigenvalue weighted by Gasteiger charge is -2.33. The van der Waals surface area contributed by atoms with Gasteiger partial charge in [0.2, 0.25) is 5.91 Å². The van der Waals surface area contributed by atoms with Crippen molar-refractivity contribution in [1.29, 1.82) is 0 Å². The Morgan fingerprint density at radius 1 is 1.32 bits per heavy atom. The number of carbonyl (C=O) groups excluding carboxylic acids is 1. The summed E-state index contributed by atoms with van der Waals surface area (Å²) in [6.07, 6.45) is 6.70. The summed E-state index contributed by atoms with van der Waals surface area (Å²) in [5.74, 6) is 1.53. The van der Waals surface area contributed by atoms with Gasteiger partial charge in [0.25, 0.3) is 0 Å². The van der Waals surface area contributed by atoms with Crippen LogP contribution in [0.5, 0.6) is 0 Å². The molecule has 0 radical (unpaired) electrons. The van der Waals surface area contributed by atoms with Crippen molar-refractivity contribution in [2.24, 2.45) is 13.0 Å². The molecular formula is C16H27Cl2N5O2. The summed E-state index contributed by atoms with van der Waals surface area (Å²) in [4.78, 5) is 26.3. The summed E-state index contributed by atoms with van der Waals surface area (Å²) in [6, 6.07) is -0.146. The standard InChI is InChI=1S/C16H25N5O2.2ClH/c1-3-21-14(18-19(2)16(21)23)11-12-6-9-20(10-7-12)15(22)13-5-4-8-17-13;;/h4-5,12-13,17H,3,6-11H2,1-2H3;2*1H. The molecule has 1 aromatic rings. The van der Waals surface area contributed by atoms with Crippen LogP contribution in [0.4, 0.5) is 0 Å². The van der Waals surface area contributed by atoms with Crippen molar-refractivity contribution < 1.29 is 4.79 Å². The lowest BCUT2D eigenvalue weighted by molar-refractivity contribution is -0.133. The highest BCUT2D eigenvalue weighted by molar-refractivity contribution is 5.85. The van der Waals surface area contributed by atoms with Crippen LogP contribution in [0, 0.1) is 5.92 Å². The zero-order valence-corrected chi connectivity index (χ0v) is 16.3. The molecule has 1 N–H and O–H groups in total. The summed E-state index contributed by atoms with van der Waals surface area (Å²) in [7, 11) is 1.70. The second-order valence-electron chi connectivity index (χ2n) is 6.35. The molecule has 3 rings (SSSR count). The Morgan fingerprint density at radius 3 is 2.56 bits per heavy atom. The van der Waals surface area contributed by atoms with Gasteiger partial charge in [-0.2, -0.15) is 5.10 Å². The lowest BCUT2D eigenvalue weighted by Crippen LogP contribution is -2.47. The van der Waals surface area contributed by atoms with Gasteiger partial charge in [-0.1, -0.05) is 12.2 Å². The number of aromatic nitrogens is 3. The first-order valence-electron chi connectivity index (χ1n) is 8.41. The Labute approximate surface area is 160 Å². The Balaban J connectivity index is 0.00000156. The summed E-state index contributed by atoms with van der Waals surface area (Å²) in [6.45, 7) is 4.98. The van der Waals surface area contributed by atoms with E-state index in [0.717, 1.165) is 44.7 Å². The number of aryl methyl sites for hydroxylation is 1. The average Bonchev–Trinajstić information content (AvgIpc) is 3.17. The van der Waals surface area contributed by atoms with Crippen molar-refractivity contribution in [2.45, 2.75) is 38.8 Å². The predicted octanol–water partition coefficient (Wildman–Crippen LogP) is 0.754. The Morgan fingerprint density at radius 2 is 2.00 bits per heavy atom. The summed E-state index contributed by atoms with van der Waals surface area (Å²) >= 11 is 0. The van der Waals surface area contributed by atoms with E-state index in [9.17, 15) is 9.59 Å². The van der Waals surface area contributed by atoms with Gasteiger partial charge < -0.3 is 4.90 Å². The highest BCUT2D eigenvalue weighted by atomic mass is 35.5. The van der Waals surface area contributed by atoms with E-state index in [1.54, 1.807) is 11.6 Å². The van der Waals surface area contributed by atoms with Gasteiger partial charge in [0.1, 0.15) is 11.9 Å². The molecule has 0 aliphatic carbocycles. The minimum Gasteiger partial charge on any atom is -0.341 e. The molecular weight excluding hydrogens is 365 g/mol. The highest BCUT2D eigenvalue weighted by Gasteiger charge is 2.28. The number of hydrogen-bond acceptors (Lipinski definition) is 4. The molecule has 3 heterocycles. The van der Waals surface area contributed by atoms with Crippen molar-refractivity contribution in [3.05, 3.63) is 28.5 Å². The highest BCUT2D eigenvalue weighted by Crippen LogP contribution is 2.21. The van der Waals surface area contributed by atoms with E-state index in [2.05, 4.69) is 10.4 Å². The van der Waals surface area contributed by atoms with Gasteiger partial charge in [0.15, 0.2) is 0 Å². The molecule has 1 aromatic heterocycles. The molecule has 142 valence electrons. The largest absolute Gasteiger partial charge is 0.345 e. The maximum atomic E-state index is 12.4. The number of halogens is 2. The van der Waals surface area contributed by atoms with Gasteiger partial charge >= 0.3 is 5.69 Å². The van der Waals surface area contributed by atoms with Crippen molar-refractivity contribution in [3.63, 3.8) is 0 Å². The molecule has 1 atom stereocenters. The predicted molar refractivity (Wildman–Crippen MR) is 102 cm³/mol. The van der Waals surface area contributed by atoms with Crippen molar-refractivity contribution in [2.75, 3.05) is 19.6 Å². The van der Waals surface area contributed by atoms with Crippen LogP contribution in [0.15, 0.2) is 16.9 Å². The molecule has 2 aliphatic heterocycles. The third-order valence-electron chi connectivity index (χ3n) is 4.85. The molecule has 25 heavy (non-hydrogen) atoms. The van der Waals surface area contributed by atoms with E-state index in [-0.39, 0.29) is 42.5 Å². The number of amides is 1. The molecule has 1 amide bonds. The molecule has 1 fully saturated rings. The normalized spacial score (nSPS) is 20.2. The first-order valence-corrected chi connectivity index (χ1v) is 8.41. The van der Waals surface area contributed by atoms with Gasteiger partial charge in [-0.25, -0.2) is 9.48 Å². The Hall–Kier alpha value is -1.31. The zero-order chi connectivity index (χ0) is 16.4. The number of rotatable bonds is 4. The second-order valence-corrected chi connectivity index (χ2v) is 6.35.